The van der Waals surface area contributed by atoms with E-state index in [4.69, 9.17) is 0 Å². The molecule has 15 heavy (non-hydrogen) atoms. The normalized spacial score (nSPS) is 36.1. The van der Waals surface area contributed by atoms with Crippen molar-refractivity contribution < 1.29 is 0 Å². The lowest BCUT2D eigenvalue weighted by Gasteiger charge is -2.34. The standard InChI is InChI=1S/C15H18/c1-13-8-4-3-6-10-15(12-13)11-7-5-9-14(15)2/h3-9,11-12,14H,10H2,1-2H3/b6-3+,8-4?,13-12?. The highest BCUT2D eigenvalue weighted by Gasteiger charge is 2.30. The summed E-state index contributed by atoms with van der Waals surface area (Å²) in [6, 6.07) is 0. The molecule has 0 aliphatic heterocycles. The topological polar surface area (TPSA) is 0 Å². The molecule has 0 fully saturated rings. The maximum Gasteiger partial charge on any atom is 0.0164 e. The third-order valence-electron chi connectivity index (χ3n) is 3.34. The van der Waals surface area contributed by atoms with Crippen molar-refractivity contribution in [1.29, 1.82) is 0 Å². The van der Waals surface area contributed by atoms with Crippen LogP contribution < -0.4 is 0 Å². The van der Waals surface area contributed by atoms with Crippen LogP contribution in [0.4, 0.5) is 0 Å². The van der Waals surface area contributed by atoms with E-state index < -0.39 is 0 Å². The molecule has 2 rings (SSSR count). The molecule has 0 radical (unpaired) electrons. The van der Waals surface area contributed by atoms with E-state index in [9.17, 15) is 0 Å². The van der Waals surface area contributed by atoms with Crippen molar-refractivity contribution in [2.24, 2.45) is 11.3 Å². The molecular formula is C15H18. The molecule has 0 nitrogen and oxygen atoms in total. The summed E-state index contributed by atoms with van der Waals surface area (Å²) >= 11 is 0. The van der Waals surface area contributed by atoms with Gasteiger partial charge in [-0.25, -0.2) is 0 Å². The molecule has 0 saturated carbocycles. The van der Waals surface area contributed by atoms with E-state index in [1.165, 1.54) is 5.57 Å². The van der Waals surface area contributed by atoms with Gasteiger partial charge in [0.1, 0.15) is 0 Å². The fraction of sp³-hybridized carbons (Fsp3) is 0.333. The molecule has 0 aromatic rings. The molecule has 0 aromatic carbocycles. The maximum absolute atomic E-state index is 2.40. The number of allylic oxidation sites excluding steroid dienone is 10. The van der Waals surface area contributed by atoms with Crippen LogP contribution in [0.1, 0.15) is 20.3 Å². The molecule has 1 spiro atoms. The minimum Gasteiger partial charge on any atom is -0.0833 e. The zero-order valence-corrected chi connectivity index (χ0v) is 9.48. The molecule has 0 amide bonds. The summed E-state index contributed by atoms with van der Waals surface area (Å²) in [6.45, 7) is 4.47. The Kier molecular flexibility index (Phi) is 2.77. The Hall–Kier alpha value is -1.30. The SMILES string of the molecule is CC1=CC2(C=CC=CC2C)C/C=C/C=C1. The predicted molar refractivity (Wildman–Crippen MR) is 66.5 cm³/mol. The van der Waals surface area contributed by atoms with Crippen molar-refractivity contribution in [3.05, 3.63) is 60.3 Å². The lowest BCUT2D eigenvalue weighted by atomic mass is 9.70. The average molecular weight is 198 g/mol. The summed E-state index contributed by atoms with van der Waals surface area (Å²) < 4.78 is 0. The third kappa shape index (κ3) is 2.04. The summed E-state index contributed by atoms with van der Waals surface area (Å²) in [5.41, 5.74) is 1.55. The fourth-order valence-electron chi connectivity index (χ4n) is 2.32. The van der Waals surface area contributed by atoms with Crippen LogP contribution in [0, 0.1) is 11.3 Å². The number of hydrogen-bond acceptors (Lipinski definition) is 0. The second-order valence-corrected chi connectivity index (χ2v) is 4.52. The zero-order chi connectivity index (χ0) is 10.7. The molecule has 2 atom stereocenters. The molecule has 0 aromatic heterocycles. The van der Waals surface area contributed by atoms with Gasteiger partial charge >= 0.3 is 0 Å². The molecule has 2 aliphatic rings. The van der Waals surface area contributed by atoms with Crippen LogP contribution in [0.5, 0.6) is 0 Å². The molecule has 0 N–H and O–H groups in total. The predicted octanol–water partition coefficient (Wildman–Crippen LogP) is 4.20. The Morgan fingerprint density at radius 1 is 1.20 bits per heavy atom. The summed E-state index contributed by atoms with van der Waals surface area (Å²) in [6.07, 6.45) is 21.2. The molecule has 78 valence electrons. The Bertz CT molecular complexity index is 377. The lowest BCUT2D eigenvalue weighted by molar-refractivity contribution is 0.380. The first-order chi connectivity index (χ1) is 7.23. The van der Waals surface area contributed by atoms with Crippen LogP contribution >= 0.6 is 0 Å². The van der Waals surface area contributed by atoms with E-state index in [1.54, 1.807) is 0 Å². The van der Waals surface area contributed by atoms with E-state index in [0.29, 0.717) is 5.92 Å². The second kappa shape index (κ2) is 4.06. The van der Waals surface area contributed by atoms with Crippen molar-refractivity contribution in [2.75, 3.05) is 0 Å². The minimum atomic E-state index is 0.195. The van der Waals surface area contributed by atoms with Crippen molar-refractivity contribution >= 4 is 0 Å². The average Bonchev–Trinajstić information content (AvgIpc) is 2.19. The van der Waals surface area contributed by atoms with Crippen LogP contribution in [-0.4, -0.2) is 0 Å². The van der Waals surface area contributed by atoms with Crippen molar-refractivity contribution in [3.8, 4) is 0 Å². The third-order valence-corrected chi connectivity index (χ3v) is 3.34. The molecule has 2 unspecified atom stereocenters. The van der Waals surface area contributed by atoms with E-state index in [1.807, 2.05) is 0 Å². The summed E-state index contributed by atoms with van der Waals surface area (Å²) in [7, 11) is 0. The van der Waals surface area contributed by atoms with Gasteiger partial charge in [0.15, 0.2) is 0 Å². The van der Waals surface area contributed by atoms with E-state index in [0.717, 1.165) is 6.42 Å². The summed E-state index contributed by atoms with van der Waals surface area (Å²) in [5, 5.41) is 0. The van der Waals surface area contributed by atoms with Gasteiger partial charge in [-0.15, -0.1) is 0 Å². The van der Waals surface area contributed by atoms with Crippen molar-refractivity contribution in [1.82, 2.24) is 0 Å². The van der Waals surface area contributed by atoms with Gasteiger partial charge in [0.25, 0.3) is 0 Å². The summed E-state index contributed by atoms with van der Waals surface area (Å²) in [4.78, 5) is 0. The monoisotopic (exact) mass is 198 g/mol. The smallest absolute Gasteiger partial charge is 0.0164 e. The first kappa shape index (κ1) is 10.2. The van der Waals surface area contributed by atoms with E-state index in [2.05, 4.69) is 68.5 Å². The highest BCUT2D eigenvalue weighted by Crippen LogP contribution is 2.40. The molecular weight excluding hydrogens is 180 g/mol. The lowest BCUT2D eigenvalue weighted by Crippen LogP contribution is -2.24. The van der Waals surface area contributed by atoms with Gasteiger partial charge in [0.2, 0.25) is 0 Å². The van der Waals surface area contributed by atoms with Gasteiger partial charge in [-0.1, -0.05) is 67.2 Å². The highest BCUT2D eigenvalue weighted by atomic mass is 14.3. The van der Waals surface area contributed by atoms with Gasteiger partial charge in [0, 0.05) is 5.41 Å². The molecule has 0 saturated heterocycles. The molecule has 0 heteroatoms. The Morgan fingerprint density at radius 2 is 2.07 bits per heavy atom. The van der Waals surface area contributed by atoms with E-state index >= 15 is 0 Å². The maximum atomic E-state index is 2.40. The second-order valence-electron chi connectivity index (χ2n) is 4.52. The Morgan fingerprint density at radius 3 is 2.87 bits per heavy atom. The van der Waals surface area contributed by atoms with Gasteiger partial charge < -0.3 is 0 Å². The number of rotatable bonds is 0. The minimum absolute atomic E-state index is 0.195. The van der Waals surface area contributed by atoms with Gasteiger partial charge in [-0.2, -0.15) is 0 Å². The number of hydrogen-bond donors (Lipinski definition) is 0. The van der Waals surface area contributed by atoms with Crippen molar-refractivity contribution in [2.45, 2.75) is 20.3 Å². The van der Waals surface area contributed by atoms with Gasteiger partial charge in [-0.3, -0.25) is 0 Å². The molecule has 0 bridgehead atoms. The molecule has 2 aliphatic carbocycles. The Balaban J connectivity index is 2.41. The Labute approximate surface area is 92.4 Å². The highest BCUT2D eigenvalue weighted by molar-refractivity contribution is 5.33. The van der Waals surface area contributed by atoms with Crippen LogP contribution in [-0.2, 0) is 0 Å². The quantitative estimate of drug-likeness (QED) is 0.547. The van der Waals surface area contributed by atoms with Gasteiger partial charge in [-0.05, 0) is 19.3 Å². The van der Waals surface area contributed by atoms with Crippen LogP contribution in [0.25, 0.3) is 0 Å². The fourth-order valence-corrected chi connectivity index (χ4v) is 2.32. The first-order valence-electron chi connectivity index (χ1n) is 5.62. The molecule has 0 heterocycles. The van der Waals surface area contributed by atoms with E-state index in [-0.39, 0.29) is 5.41 Å². The zero-order valence-electron chi connectivity index (χ0n) is 9.48. The van der Waals surface area contributed by atoms with Crippen LogP contribution in [0.3, 0.4) is 0 Å². The van der Waals surface area contributed by atoms with Crippen molar-refractivity contribution in [3.63, 3.8) is 0 Å². The van der Waals surface area contributed by atoms with Crippen LogP contribution in [0.15, 0.2) is 60.3 Å². The van der Waals surface area contributed by atoms with Gasteiger partial charge in [0.05, 0.1) is 0 Å². The summed E-state index contributed by atoms with van der Waals surface area (Å²) in [5.74, 6) is 0.577. The largest absolute Gasteiger partial charge is 0.0833 e. The van der Waals surface area contributed by atoms with Crippen LogP contribution in [0.2, 0.25) is 0 Å². The first-order valence-corrected chi connectivity index (χ1v) is 5.62.